The van der Waals surface area contributed by atoms with E-state index in [4.69, 9.17) is 0 Å². The summed E-state index contributed by atoms with van der Waals surface area (Å²) in [7, 11) is 0. The van der Waals surface area contributed by atoms with Gasteiger partial charge in [-0.1, -0.05) is 25.1 Å². The number of carbonyl (C=O) groups excluding carboxylic acids is 1. The highest BCUT2D eigenvalue weighted by Crippen LogP contribution is 2.17. The Morgan fingerprint density at radius 3 is 2.56 bits per heavy atom. The van der Waals surface area contributed by atoms with E-state index in [1.807, 2.05) is 42.9 Å². The van der Waals surface area contributed by atoms with Gasteiger partial charge in [-0.15, -0.1) is 0 Å². The number of benzene rings is 1. The third kappa shape index (κ3) is 2.35. The fraction of sp³-hybridized carbons (Fsp3) is 0.333. The molecule has 0 bridgehead atoms. The molecule has 3 heteroatoms. The van der Waals surface area contributed by atoms with Gasteiger partial charge in [-0.05, 0) is 31.4 Å². The zero-order valence-electron chi connectivity index (χ0n) is 11.1. The molecule has 0 saturated heterocycles. The van der Waals surface area contributed by atoms with Gasteiger partial charge in [-0.25, -0.2) is 0 Å². The van der Waals surface area contributed by atoms with E-state index in [1.165, 1.54) is 0 Å². The number of hydrogen-bond donors (Lipinski definition) is 0. The molecule has 0 radical (unpaired) electrons. The summed E-state index contributed by atoms with van der Waals surface area (Å²) < 4.78 is 1.82. The Morgan fingerprint density at radius 2 is 1.94 bits per heavy atom. The van der Waals surface area contributed by atoms with Crippen LogP contribution in [-0.4, -0.2) is 15.6 Å². The minimum Gasteiger partial charge on any atom is -0.288 e. The van der Waals surface area contributed by atoms with Crippen molar-refractivity contribution in [2.75, 3.05) is 0 Å². The van der Waals surface area contributed by atoms with Gasteiger partial charge >= 0.3 is 0 Å². The highest BCUT2D eigenvalue weighted by atomic mass is 16.1. The monoisotopic (exact) mass is 242 g/mol. The molecule has 2 rings (SSSR count). The molecule has 0 spiro atoms. The summed E-state index contributed by atoms with van der Waals surface area (Å²) in [4.78, 5) is 12.5. The molecule has 0 atom stereocenters. The summed E-state index contributed by atoms with van der Waals surface area (Å²) in [6, 6.07) is 5.91. The van der Waals surface area contributed by atoms with E-state index in [-0.39, 0.29) is 5.78 Å². The third-order valence-electron chi connectivity index (χ3n) is 3.06. The number of carbonyl (C=O) groups is 1. The second-order valence-electron chi connectivity index (χ2n) is 4.59. The summed E-state index contributed by atoms with van der Waals surface area (Å²) in [5.41, 5.74) is 3.50. The summed E-state index contributed by atoms with van der Waals surface area (Å²) in [5, 5.41) is 4.21. The molecular weight excluding hydrogens is 224 g/mol. The Bertz CT molecular complexity index is 549. The molecule has 18 heavy (non-hydrogen) atoms. The van der Waals surface area contributed by atoms with Crippen LogP contribution in [0, 0.1) is 13.8 Å². The maximum absolute atomic E-state index is 12.5. The predicted octanol–water partition coefficient (Wildman–Crippen LogP) is 3.14. The van der Waals surface area contributed by atoms with Crippen molar-refractivity contribution in [2.45, 2.75) is 33.7 Å². The lowest BCUT2D eigenvalue weighted by molar-refractivity contribution is 0.103. The van der Waals surface area contributed by atoms with Crippen LogP contribution in [0.4, 0.5) is 0 Å². The fourth-order valence-corrected chi connectivity index (χ4v) is 2.15. The normalized spacial score (nSPS) is 10.6. The van der Waals surface area contributed by atoms with Gasteiger partial charge in [0.15, 0.2) is 5.78 Å². The van der Waals surface area contributed by atoms with E-state index in [0.29, 0.717) is 5.56 Å². The minimum absolute atomic E-state index is 0.0629. The van der Waals surface area contributed by atoms with Crippen molar-refractivity contribution in [1.82, 2.24) is 9.78 Å². The van der Waals surface area contributed by atoms with Gasteiger partial charge in [0.05, 0.1) is 11.8 Å². The molecule has 0 aliphatic heterocycles. The van der Waals surface area contributed by atoms with Crippen LogP contribution in [0.5, 0.6) is 0 Å². The summed E-state index contributed by atoms with van der Waals surface area (Å²) >= 11 is 0. The van der Waals surface area contributed by atoms with Crippen LogP contribution in [0.2, 0.25) is 0 Å². The Morgan fingerprint density at radius 1 is 1.28 bits per heavy atom. The van der Waals surface area contributed by atoms with Crippen LogP contribution in [0.15, 0.2) is 30.6 Å². The first-order chi connectivity index (χ1) is 8.63. The Balaban J connectivity index is 2.35. The Kier molecular flexibility index (Phi) is 3.60. The Labute approximate surface area is 107 Å². The standard InChI is InChI=1S/C15H18N2O/c1-4-8-17-10-13(9-16-17)15(18)14-11(2)6-5-7-12(14)3/h5-7,9-10H,4,8H2,1-3H3. The van der Waals surface area contributed by atoms with Crippen molar-refractivity contribution >= 4 is 5.78 Å². The van der Waals surface area contributed by atoms with Crippen LogP contribution < -0.4 is 0 Å². The number of rotatable bonds is 4. The van der Waals surface area contributed by atoms with Crippen molar-refractivity contribution in [3.05, 3.63) is 52.8 Å². The van der Waals surface area contributed by atoms with Crippen molar-refractivity contribution in [1.29, 1.82) is 0 Å². The van der Waals surface area contributed by atoms with Crippen molar-refractivity contribution in [3.63, 3.8) is 0 Å². The predicted molar refractivity (Wildman–Crippen MR) is 71.9 cm³/mol. The molecular formula is C15H18N2O. The molecule has 0 N–H and O–H groups in total. The number of aromatic nitrogens is 2. The zero-order valence-corrected chi connectivity index (χ0v) is 11.1. The molecule has 1 aromatic carbocycles. The first kappa shape index (κ1) is 12.6. The average Bonchev–Trinajstić information content (AvgIpc) is 2.78. The molecule has 0 amide bonds. The summed E-state index contributed by atoms with van der Waals surface area (Å²) in [6.45, 7) is 6.88. The molecule has 2 aromatic rings. The fourth-order valence-electron chi connectivity index (χ4n) is 2.15. The Hall–Kier alpha value is -1.90. The number of ketones is 1. The largest absolute Gasteiger partial charge is 0.288 e. The van der Waals surface area contributed by atoms with E-state index in [2.05, 4.69) is 12.0 Å². The quantitative estimate of drug-likeness (QED) is 0.772. The highest BCUT2D eigenvalue weighted by Gasteiger charge is 2.15. The van der Waals surface area contributed by atoms with E-state index >= 15 is 0 Å². The van der Waals surface area contributed by atoms with E-state index in [9.17, 15) is 4.79 Å². The lowest BCUT2D eigenvalue weighted by atomic mass is 9.96. The maximum atomic E-state index is 12.5. The molecule has 0 aliphatic rings. The van der Waals surface area contributed by atoms with E-state index < -0.39 is 0 Å². The molecule has 1 aromatic heterocycles. The van der Waals surface area contributed by atoms with Crippen molar-refractivity contribution in [2.24, 2.45) is 0 Å². The second kappa shape index (κ2) is 5.17. The lowest BCUT2D eigenvalue weighted by Crippen LogP contribution is -2.05. The van der Waals surface area contributed by atoms with Gasteiger partial charge in [0.2, 0.25) is 0 Å². The van der Waals surface area contributed by atoms with Gasteiger partial charge in [0, 0.05) is 18.3 Å². The first-order valence-corrected chi connectivity index (χ1v) is 6.27. The smallest absolute Gasteiger partial charge is 0.196 e. The molecule has 0 unspecified atom stereocenters. The summed E-state index contributed by atoms with van der Waals surface area (Å²) in [6.07, 6.45) is 4.50. The number of aryl methyl sites for hydroxylation is 3. The van der Waals surface area contributed by atoms with Crippen molar-refractivity contribution in [3.8, 4) is 0 Å². The average molecular weight is 242 g/mol. The second-order valence-corrected chi connectivity index (χ2v) is 4.59. The van der Waals surface area contributed by atoms with E-state index in [0.717, 1.165) is 29.7 Å². The highest BCUT2D eigenvalue weighted by molar-refractivity contribution is 6.10. The van der Waals surface area contributed by atoms with Crippen LogP contribution in [0.3, 0.4) is 0 Å². The SMILES string of the molecule is CCCn1cc(C(=O)c2c(C)cccc2C)cn1. The summed E-state index contributed by atoms with van der Waals surface area (Å²) in [5.74, 6) is 0.0629. The van der Waals surface area contributed by atoms with Gasteiger partial charge in [0.25, 0.3) is 0 Å². The van der Waals surface area contributed by atoms with Gasteiger partial charge in [-0.2, -0.15) is 5.10 Å². The minimum atomic E-state index is 0.0629. The van der Waals surface area contributed by atoms with E-state index in [1.54, 1.807) is 6.20 Å². The third-order valence-corrected chi connectivity index (χ3v) is 3.06. The first-order valence-electron chi connectivity index (χ1n) is 6.27. The zero-order chi connectivity index (χ0) is 13.1. The number of nitrogens with zero attached hydrogens (tertiary/aromatic N) is 2. The van der Waals surface area contributed by atoms with Crippen LogP contribution in [-0.2, 0) is 6.54 Å². The van der Waals surface area contributed by atoms with Crippen LogP contribution in [0.1, 0.15) is 40.4 Å². The van der Waals surface area contributed by atoms with Gasteiger partial charge in [0.1, 0.15) is 0 Å². The van der Waals surface area contributed by atoms with Gasteiger partial charge in [-0.3, -0.25) is 9.48 Å². The molecule has 0 aliphatic carbocycles. The maximum Gasteiger partial charge on any atom is 0.196 e. The molecule has 0 saturated carbocycles. The molecule has 1 heterocycles. The van der Waals surface area contributed by atoms with Gasteiger partial charge < -0.3 is 0 Å². The van der Waals surface area contributed by atoms with Crippen LogP contribution in [0.25, 0.3) is 0 Å². The molecule has 0 fully saturated rings. The molecule has 94 valence electrons. The number of hydrogen-bond acceptors (Lipinski definition) is 2. The topological polar surface area (TPSA) is 34.9 Å². The molecule has 3 nitrogen and oxygen atoms in total. The van der Waals surface area contributed by atoms with Crippen LogP contribution >= 0.6 is 0 Å². The van der Waals surface area contributed by atoms with Crippen molar-refractivity contribution < 1.29 is 4.79 Å². The lowest BCUT2D eigenvalue weighted by Gasteiger charge is -2.06.